The fraction of sp³-hybridized carbons (Fsp3) is 0.314. The molecule has 3 atom stereocenters. The number of carbonyl (C=O) groups is 4. The first-order valence-electron chi connectivity index (χ1n) is 14.8. The van der Waals surface area contributed by atoms with Crippen molar-refractivity contribution in [1.82, 2.24) is 9.80 Å². The van der Waals surface area contributed by atoms with Gasteiger partial charge in [0.05, 0.1) is 12.1 Å². The largest absolute Gasteiger partial charge is 0.447 e. The SMILES string of the molecule is CC[C@@H](C/C=C(\Cc1ccccc1)C(=O)N1C(=O)OC[C@@H]1Cc1ccccc1)C(=O)N1C(=O)OC[C@@H]1Cc1ccccc1. The Balaban J connectivity index is 1.37. The number of nitrogens with zero attached hydrogens (tertiary/aromatic N) is 2. The summed E-state index contributed by atoms with van der Waals surface area (Å²) in [5.41, 5.74) is 3.31. The number of hydrogen-bond acceptors (Lipinski definition) is 6. The lowest BCUT2D eigenvalue weighted by Gasteiger charge is -2.24. The van der Waals surface area contributed by atoms with Gasteiger partial charge in [0.2, 0.25) is 5.91 Å². The van der Waals surface area contributed by atoms with Crippen molar-refractivity contribution in [1.29, 1.82) is 0 Å². The Bertz CT molecular complexity index is 1460. The number of cyclic esters (lactones) is 2. The van der Waals surface area contributed by atoms with Crippen LogP contribution in [-0.2, 0) is 38.3 Å². The highest BCUT2D eigenvalue weighted by Gasteiger charge is 2.41. The molecule has 0 aromatic heterocycles. The van der Waals surface area contributed by atoms with Crippen LogP contribution in [0.25, 0.3) is 0 Å². The number of carbonyl (C=O) groups excluding carboxylic acids is 4. The molecule has 2 aliphatic rings. The molecule has 0 saturated carbocycles. The van der Waals surface area contributed by atoms with E-state index in [-0.39, 0.29) is 32.0 Å². The van der Waals surface area contributed by atoms with Gasteiger partial charge in [-0.3, -0.25) is 9.59 Å². The molecule has 4 amide bonds. The number of hydrogen-bond donors (Lipinski definition) is 0. The van der Waals surface area contributed by atoms with Crippen molar-refractivity contribution < 1.29 is 28.7 Å². The highest BCUT2D eigenvalue weighted by molar-refractivity contribution is 6.04. The van der Waals surface area contributed by atoms with Gasteiger partial charge >= 0.3 is 12.2 Å². The van der Waals surface area contributed by atoms with Gasteiger partial charge in [-0.05, 0) is 42.4 Å². The minimum Gasteiger partial charge on any atom is -0.447 e. The van der Waals surface area contributed by atoms with E-state index in [2.05, 4.69) is 0 Å². The summed E-state index contributed by atoms with van der Waals surface area (Å²) < 4.78 is 10.6. The van der Waals surface area contributed by atoms with Crippen LogP contribution >= 0.6 is 0 Å². The minimum absolute atomic E-state index is 0.119. The van der Waals surface area contributed by atoms with Crippen LogP contribution in [0, 0.1) is 5.92 Å². The molecule has 222 valence electrons. The summed E-state index contributed by atoms with van der Waals surface area (Å²) in [7, 11) is 0. The summed E-state index contributed by atoms with van der Waals surface area (Å²) in [5.74, 6) is -1.30. The summed E-state index contributed by atoms with van der Waals surface area (Å²) in [5, 5.41) is 0. The standard InChI is InChI=1S/C35H36N2O6/c1-2-28(32(38)36-30(23-42-34(36)40)21-26-14-8-4-9-15-26)18-19-29(20-25-12-6-3-7-13-25)33(39)37-31(24-43-35(37)41)22-27-16-10-5-11-17-27/h3-17,19,28,30-31H,2,18,20-24H2,1H3/b29-19+/t28-,30-,31-/m0/s1. The van der Waals surface area contributed by atoms with Gasteiger partial charge in [-0.15, -0.1) is 0 Å². The van der Waals surface area contributed by atoms with E-state index < -0.39 is 36.1 Å². The lowest BCUT2D eigenvalue weighted by molar-refractivity contribution is -0.133. The molecule has 5 rings (SSSR count). The van der Waals surface area contributed by atoms with Gasteiger partial charge in [-0.1, -0.05) is 104 Å². The number of ether oxygens (including phenoxy) is 2. The molecule has 2 aliphatic heterocycles. The molecule has 2 fully saturated rings. The maximum absolute atomic E-state index is 14.0. The van der Waals surface area contributed by atoms with Gasteiger partial charge in [-0.25, -0.2) is 19.4 Å². The maximum Gasteiger partial charge on any atom is 0.417 e. The molecule has 0 spiro atoms. The van der Waals surface area contributed by atoms with Gasteiger partial charge in [0.25, 0.3) is 5.91 Å². The van der Waals surface area contributed by atoms with Gasteiger partial charge in [-0.2, -0.15) is 0 Å². The number of amides is 4. The number of rotatable bonds is 11. The molecule has 2 saturated heterocycles. The number of benzene rings is 3. The summed E-state index contributed by atoms with van der Waals surface area (Å²) in [6.07, 6.45) is 2.40. The highest BCUT2D eigenvalue weighted by atomic mass is 16.6. The Hall–Kier alpha value is -4.72. The monoisotopic (exact) mass is 580 g/mol. The molecule has 3 aromatic rings. The highest BCUT2D eigenvalue weighted by Crippen LogP contribution is 2.26. The second kappa shape index (κ2) is 14.0. The van der Waals surface area contributed by atoms with Crippen molar-refractivity contribution in [3.8, 4) is 0 Å². The quantitative estimate of drug-likeness (QED) is 0.268. The smallest absolute Gasteiger partial charge is 0.417 e. The molecular weight excluding hydrogens is 544 g/mol. The van der Waals surface area contributed by atoms with E-state index in [4.69, 9.17) is 9.47 Å². The molecule has 0 bridgehead atoms. The van der Waals surface area contributed by atoms with E-state index >= 15 is 0 Å². The van der Waals surface area contributed by atoms with Crippen LogP contribution in [0.1, 0.15) is 36.5 Å². The van der Waals surface area contributed by atoms with E-state index in [0.29, 0.717) is 24.8 Å². The van der Waals surface area contributed by atoms with Gasteiger partial charge in [0, 0.05) is 17.9 Å². The first-order valence-corrected chi connectivity index (χ1v) is 14.8. The topological polar surface area (TPSA) is 93.2 Å². The molecule has 8 nitrogen and oxygen atoms in total. The van der Waals surface area contributed by atoms with Gasteiger partial charge in [0.15, 0.2) is 0 Å². The third-order valence-corrected chi connectivity index (χ3v) is 8.01. The Morgan fingerprint density at radius 2 is 1.21 bits per heavy atom. The zero-order chi connectivity index (χ0) is 30.2. The fourth-order valence-corrected chi connectivity index (χ4v) is 5.64. The van der Waals surface area contributed by atoms with Crippen LogP contribution < -0.4 is 0 Å². The van der Waals surface area contributed by atoms with Crippen LogP contribution in [0.15, 0.2) is 103 Å². The number of imide groups is 2. The Kier molecular flexibility index (Phi) is 9.66. The van der Waals surface area contributed by atoms with Crippen molar-refractivity contribution in [3.63, 3.8) is 0 Å². The minimum atomic E-state index is -0.670. The van der Waals surface area contributed by atoms with Crippen molar-refractivity contribution in [2.45, 2.75) is 51.1 Å². The lowest BCUT2D eigenvalue weighted by atomic mass is 9.95. The second-order valence-electron chi connectivity index (χ2n) is 11.0. The molecule has 2 heterocycles. The molecule has 43 heavy (non-hydrogen) atoms. The van der Waals surface area contributed by atoms with Crippen LogP contribution in [0.5, 0.6) is 0 Å². The summed E-state index contributed by atoms with van der Waals surface area (Å²) in [6, 6.07) is 28.0. The first kappa shape index (κ1) is 29.8. The second-order valence-corrected chi connectivity index (χ2v) is 11.0. The van der Waals surface area contributed by atoms with E-state index in [1.807, 2.05) is 97.9 Å². The predicted molar refractivity (Wildman–Crippen MR) is 161 cm³/mol. The van der Waals surface area contributed by atoms with Crippen molar-refractivity contribution >= 4 is 24.0 Å². The van der Waals surface area contributed by atoms with Crippen molar-refractivity contribution in [3.05, 3.63) is 119 Å². The molecule has 8 heteroatoms. The van der Waals surface area contributed by atoms with E-state index in [0.717, 1.165) is 16.7 Å². The maximum atomic E-state index is 14.0. The summed E-state index contributed by atoms with van der Waals surface area (Å²) in [4.78, 5) is 55.6. The average molecular weight is 581 g/mol. The van der Waals surface area contributed by atoms with Crippen LogP contribution in [0.4, 0.5) is 9.59 Å². The first-order chi connectivity index (χ1) is 20.9. The Morgan fingerprint density at radius 1 is 0.744 bits per heavy atom. The summed E-state index contributed by atoms with van der Waals surface area (Å²) in [6.45, 7) is 2.15. The number of allylic oxidation sites excluding steroid dienone is 1. The molecule has 0 unspecified atom stereocenters. The van der Waals surface area contributed by atoms with E-state index in [1.54, 1.807) is 6.08 Å². The average Bonchev–Trinajstić information content (AvgIpc) is 3.58. The van der Waals surface area contributed by atoms with Crippen LogP contribution in [0.3, 0.4) is 0 Å². The summed E-state index contributed by atoms with van der Waals surface area (Å²) >= 11 is 0. The molecule has 3 aromatic carbocycles. The predicted octanol–water partition coefficient (Wildman–Crippen LogP) is 5.75. The lowest BCUT2D eigenvalue weighted by Crippen LogP contribution is -2.43. The van der Waals surface area contributed by atoms with E-state index in [1.165, 1.54) is 9.80 Å². The molecule has 0 N–H and O–H groups in total. The third kappa shape index (κ3) is 7.20. The Labute approximate surface area is 251 Å². The van der Waals surface area contributed by atoms with Gasteiger partial charge in [0.1, 0.15) is 13.2 Å². The van der Waals surface area contributed by atoms with Gasteiger partial charge < -0.3 is 9.47 Å². The van der Waals surface area contributed by atoms with Crippen molar-refractivity contribution in [2.75, 3.05) is 13.2 Å². The van der Waals surface area contributed by atoms with Crippen molar-refractivity contribution in [2.24, 2.45) is 5.92 Å². The molecule has 0 aliphatic carbocycles. The van der Waals surface area contributed by atoms with E-state index in [9.17, 15) is 19.2 Å². The normalized spacial score (nSPS) is 19.2. The third-order valence-electron chi connectivity index (χ3n) is 8.01. The van der Waals surface area contributed by atoms with Crippen LogP contribution in [0.2, 0.25) is 0 Å². The molecular formula is C35H36N2O6. The fourth-order valence-electron chi connectivity index (χ4n) is 5.64. The van der Waals surface area contributed by atoms with Crippen LogP contribution in [-0.4, -0.2) is 59.1 Å². The molecule has 0 radical (unpaired) electrons. The Morgan fingerprint density at radius 3 is 1.72 bits per heavy atom. The zero-order valence-electron chi connectivity index (χ0n) is 24.3. The zero-order valence-corrected chi connectivity index (χ0v) is 24.3.